The zero-order valence-electron chi connectivity index (χ0n) is 16.3. The van der Waals surface area contributed by atoms with Gasteiger partial charge in [-0.25, -0.2) is 12.8 Å². The van der Waals surface area contributed by atoms with Crippen molar-refractivity contribution in [3.63, 3.8) is 0 Å². The predicted octanol–water partition coefficient (Wildman–Crippen LogP) is 2.25. The van der Waals surface area contributed by atoms with E-state index in [2.05, 4.69) is 10.6 Å². The molecule has 0 radical (unpaired) electrons. The highest BCUT2D eigenvalue weighted by atomic mass is 32.2. The quantitative estimate of drug-likeness (QED) is 0.629. The Hall–Kier alpha value is -2.30. The number of amides is 2. The number of sulfonamides is 1. The van der Waals surface area contributed by atoms with E-state index >= 15 is 0 Å². The number of hydrogen-bond acceptors (Lipinski definition) is 5. The number of piperidine rings is 1. The first-order chi connectivity index (χ1) is 14.4. The van der Waals surface area contributed by atoms with Crippen LogP contribution in [0.15, 0.2) is 46.0 Å². The molecule has 0 aliphatic carbocycles. The Morgan fingerprint density at radius 1 is 1.10 bits per heavy atom. The van der Waals surface area contributed by atoms with Gasteiger partial charge < -0.3 is 10.6 Å². The van der Waals surface area contributed by atoms with Crippen molar-refractivity contribution in [2.24, 2.45) is 0 Å². The summed E-state index contributed by atoms with van der Waals surface area (Å²) in [6.45, 7) is 0.767. The first-order valence-corrected chi connectivity index (χ1v) is 12.1. The van der Waals surface area contributed by atoms with E-state index in [1.807, 2.05) is 0 Å². The molecule has 1 aliphatic heterocycles. The van der Waals surface area contributed by atoms with Gasteiger partial charge in [-0.2, -0.15) is 4.31 Å². The Bertz CT molecular complexity index is 962. The van der Waals surface area contributed by atoms with Crippen molar-refractivity contribution >= 4 is 33.2 Å². The minimum Gasteiger partial charge on any atom is -0.348 e. The fourth-order valence-corrected chi connectivity index (χ4v) is 6.25. The van der Waals surface area contributed by atoms with Gasteiger partial charge in [0.1, 0.15) is 10.0 Å². The number of hydrogen-bond donors (Lipinski definition) is 2. The standard InChI is InChI=1S/C20H24FN3O4S2/c21-16-8-6-15(7-9-16)14-23-20(26)19(25)22-11-10-17-4-1-2-12-24(17)30(27,28)18-5-3-13-29-18/h3,5-9,13,17H,1-2,4,10-12,14H2,(H,22,25)(H,23,26). The number of halogens is 1. The molecule has 2 N–H and O–H groups in total. The van der Waals surface area contributed by atoms with Gasteiger partial charge in [-0.05, 0) is 48.4 Å². The summed E-state index contributed by atoms with van der Waals surface area (Å²) < 4.78 is 40.5. The van der Waals surface area contributed by atoms with Crippen molar-refractivity contribution in [3.05, 3.63) is 53.2 Å². The number of nitrogens with zero attached hydrogens (tertiary/aromatic N) is 1. The first kappa shape index (κ1) is 22.4. The molecular formula is C20H24FN3O4S2. The Morgan fingerprint density at radius 3 is 2.53 bits per heavy atom. The molecular weight excluding hydrogens is 429 g/mol. The van der Waals surface area contributed by atoms with E-state index in [1.165, 1.54) is 39.9 Å². The molecule has 1 unspecified atom stereocenters. The lowest BCUT2D eigenvalue weighted by molar-refractivity contribution is -0.139. The largest absolute Gasteiger partial charge is 0.348 e. The predicted molar refractivity (Wildman–Crippen MR) is 112 cm³/mol. The summed E-state index contributed by atoms with van der Waals surface area (Å²) in [7, 11) is -3.54. The number of carbonyl (C=O) groups excluding carboxylic acids is 2. The van der Waals surface area contributed by atoms with Crippen LogP contribution >= 0.6 is 11.3 Å². The van der Waals surface area contributed by atoms with E-state index in [9.17, 15) is 22.4 Å². The second-order valence-corrected chi connectivity index (χ2v) is 10.1. The van der Waals surface area contributed by atoms with E-state index < -0.39 is 21.8 Å². The summed E-state index contributed by atoms with van der Waals surface area (Å²) in [4.78, 5) is 24.0. The van der Waals surface area contributed by atoms with Gasteiger partial charge in [0.15, 0.2) is 0 Å². The highest BCUT2D eigenvalue weighted by molar-refractivity contribution is 7.91. The zero-order valence-corrected chi connectivity index (χ0v) is 18.0. The molecule has 2 amide bonds. The van der Waals surface area contributed by atoms with Crippen molar-refractivity contribution in [3.8, 4) is 0 Å². The van der Waals surface area contributed by atoms with Crippen molar-refractivity contribution < 1.29 is 22.4 Å². The van der Waals surface area contributed by atoms with Gasteiger partial charge in [0.25, 0.3) is 10.0 Å². The van der Waals surface area contributed by atoms with Crippen LogP contribution in [-0.2, 0) is 26.2 Å². The Labute approximate surface area is 179 Å². The maximum atomic E-state index is 12.9. The SMILES string of the molecule is O=C(NCCC1CCCCN1S(=O)(=O)c1cccs1)C(=O)NCc1ccc(F)cc1. The molecule has 1 aliphatic rings. The van der Waals surface area contributed by atoms with Crippen LogP contribution < -0.4 is 10.6 Å². The van der Waals surface area contributed by atoms with E-state index in [1.54, 1.807) is 17.5 Å². The minimum absolute atomic E-state index is 0.113. The van der Waals surface area contributed by atoms with Gasteiger partial charge in [0, 0.05) is 25.7 Å². The molecule has 1 saturated heterocycles. The molecule has 162 valence electrons. The average Bonchev–Trinajstić information content (AvgIpc) is 3.29. The minimum atomic E-state index is -3.54. The molecule has 1 aromatic carbocycles. The maximum absolute atomic E-state index is 12.9. The number of rotatable bonds is 7. The molecule has 30 heavy (non-hydrogen) atoms. The summed E-state index contributed by atoms with van der Waals surface area (Å²) in [6, 6.07) is 8.70. The highest BCUT2D eigenvalue weighted by Gasteiger charge is 2.33. The van der Waals surface area contributed by atoms with Gasteiger partial charge in [-0.1, -0.05) is 24.6 Å². The van der Waals surface area contributed by atoms with Crippen LogP contribution in [0.4, 0.5) is 4.39 Å². The normalized spacial score (nSPS) is 17.4. The topological polar surface area (TPSA) is 95.6 Å². The monoisotopic (exact) mass is 453 g/mol. The van der Waals surface area contributed by atoms with E-state index in [0.29, 0.717) is 22.7 Å². The third kappa shape index (κ3) is 5.65. The molecule has 0 saturated carbocycles. The molecule has 1 aromatic heterocycles. The van der Waals surface area contributed by atoms with E-state index in [4.69, 9.17) is 0 Å². The number of benzene rings is 1. The highest BCUT2D eigenvalue weighted by Crippen LogP contribution is 2.28. The fourth-order valence-electron chi connectivity index (χ4n) is 3.40. The maximum Gasteiger partial charge on any atom is 0.309 e. The van der Waals surface area contributed by atoms with E-state index in [0.717, 1.165) is 19.3 Å². The van der Waals surface area contributed by atoms with Crippen LogP contribution in [0, 0.1) is 5.82 Å². The van der Waals surface area contributed by atoms with Gasteiger partial charge >= 0.3 is 11.8 Å². The van der Waals surface area contributed by atoms with Crippen LogP contribution in [0.5, 0.6) is 0 Å². The van der Waals surface area contributed by atoms with Gasteiger partial charge in [-0.15, -0.1) is 11.3 Å². The molecule has 1 atom stereocenters. The van der Waals surface area contributed by atoms with Gasteiger partial charge in [0.2, 0.25) is 0 Å². The number of thiophene rings is 1. The Balaban J connectivity index is 1.48. The number of carbonyl (C=O) groups is 2. The molecule has 0 spiro atoms. The average molecular weight is 454 g/mol. The zero-order chi connectivity index (χ0) is 21.6. The Kier molecular flexibility index (Phi) is 7.57. The van der Waals surface area contributed by atoms with Gasteiger partial charge in [-0.3, -0.25) is 9.59 Å². The third-order valence-electron chi connectivity index (χ3n) is 4.97. The second kappa shape index (κ2) is 10.1. The van der Waals surface area contributed by atoms with Crippen molar-refractivity contribution in [2.75, 3.05) is 13.1 Å². The van der Waals surface area contributed by atoms with Crippen molar-refractivity contribution in [2.45, 2.75) is 42.5 Å². The summed E-state index contributed by atoms with van der Waals surface area (Å²) in [5, 5.41) is 6.76. The summed E-state index contributed by atoms with van der Waals surface area (Å²) in [5.74, 6) is -1.94. The first-order valence-electron chi connectivity index (χ1n) is 9.74. The molecule has 1 fully saturated rings. The molecule has 3 rings (SSSR count). The van der Waals surface area contributed by atoms with Crippen LogP contribution in [-0.4, -0.2) is 43.7 Å². The van der Waals surface area contributed by atoms with E-state index in [-0.39, 0.29) is 24.9 Å². The van der Waals surface area contributed by atoms with Crippen LogP contribution in [0.2, 0.25) is 0 Å². The smallest absolute Gasteiger partial charge is 0.309 e. The molecule has 2 aromatic rings. The molecule has 10 heteroatoms. The lowest BCUT2D eigenvalue weighted by atomic mass is 10.0. The summed E-state index contributed by atoms with van der Waals surface area (Å²) in [6.07, 6.45) is 2.88. The second-order valence-electron chi connectivity index (χ2n) is 7.05. The van der Waals surface area contributed by atoms with Crippen molar-refractivity contribution in [1.29, 1.82) is 0 Å². The van der Waals surface area contributed by atoms with Crippen LogP contribution in [0.25, 0.3) is 0 Å². The lowest BCUT2D eigenvalue weighted by Crippen LogP contribution is -2.46. The van der Waals surface area contributed by atoms with Crippen LogP contribution in [0.1, 0.15) is 31.2 Å². The molecule has 7 nitrogen and oxygen atoms in total. The molecule has 0 bridgehead atoms. The Morgan fingerprint density at radius 2 is 1.83 bits per heavy atom. The van der Waals surface area contributed by atoms with Crippen LogP contribution in [0.3, 0.4) is 0 Å². The summed E-state index contributed by atoms with van der Waals surface area (Å²) >= 11 is 1.19. The third-order valence-corrected chi connectivity index (χ3v) is 8.29. The molecule has 2 heterocycles. The number of nitrogens with one attached hydrogen (secondary N) is 2. The van der Waals surface area contributed by atoms with Crippen molar-refractivity contribution in [1.82, 2.24) is 14.9 Å². The lowest BCUT2D eigenvalue weighted by Gasteiger charge is -2.34. The summed E-state index contributed by atoms with van der Waals surface area (Å²) in [5.41, 5.74) is 0.675. The van der Waals surface area contributed by atoms with Gasteiger partial charge in [0.05, 0.1) is 0 Å². The fraction of sp³-hybridized carbons (Fsp3) is 0.400.